The Balaban J connectivity index is 1.72. The molecule has 4 heteroatoms. The lowest BCUT2D eigenvalue weighted by Crippen LogP contribution is -2.17. The summed E-state index contributed by atoms with van der Waals surface area (Å²) in [6.07, 6.45) is 3.33. The molecule has 0 radical (unpaired) electrons. The number of nitrogens with zero attached hydrogens (tertiary/aromatic N) is 1. The monoisotopic (exact) mass is 284 g/mol. The standard InChI is InChI=1S/C17H20N2O2/c1-20-17-7-3-5-13(19-17)11-21-14-9-8-12-4-2-6-16(18)15(12)10-14/h3,5,7-10,16H,2,4,6,11,18H2,1H3. The summed E-state index contributed by atoms with van der Waals surface area (Å²) >= 11 is 0. The largest absolute Gasteiger partial charge is 0.487 e. The number of aromatic nitrogens is 1. The number of methoxy groups -OCH3 is 1. The van der Waals surface area contributed by atoms with E-state index in [1.165, 1.54) is 17.5 Å². The summed E-state index contributed by atoms with van der Waals surface area (Å²) in [7, 11) is 1.61. The van der Waals surface area contributed by atoms with Crippen LogP contribution in [-0.4, -0.2) is 12.1 Å². The molecule has 1 aliphatic carbocycles. The van der Waals surface area contributed by atoms with E-state index in [4.69, 9.17) is 15.2 Å². The average molecular weight is 284 g/mol. The van der Waals surface area contributed by atoms with Crippen LogP contribution in [0, 0.1) is 0 Å². The predicted molar refractivity (Wildman–Crippen MR) is 81.4 cm³/mol. The van der Waals surface area contributed by atoms with Gasteiger partial charge in [-0.1, -0.05) is 12.1 Å². The van der Waals surface area contributed by atoms with Gasteiger partial charge in [-0.15, -0.1) is 0 Å². The van der Waals surface area contributed by atoms with Crippen molar-refractivity contribution in [3.8, 4) is 11.6 Å². The lowest BCUT2D eigenvalue weighted by atomic mass is 9.88. The molecular formula is C17H20N2O2. The van der Waals surface area contributed by atoms with Crippen molar-refractivity contribution in [3.63, 3.8) is 0 Å². The second-order valence-corrected chi connectivity index (χ2v) is 5.32. The van der Waals surface area contributed by atoms with Gasteiger partial charge in [0.15, 0.2) is 0 Å². The molecule has 0 aliphatic heterocycles. The van der Waals surface area contributed by atoms with Gasteiger partial charge >= 0.3 is 0 Å². The Labute approximate surface area is 124 Å². The highest BCUT2D eigenvalue weighted by molar-refractivity contribution is 5.39. The molecule has 0 fully saturated rings. The maximum Gasteiger partial charge on any atom is 0.213 e. The zero-order chi connectivity index (χ0) is 14.7. The third-order valence-electron chi connectivity index (χ3n) is 3.86. The minimum atomic E-state index is 0.132. The van der Waals surface area contributed by atoms with Gasteiger partial charge in [0.2, 0.25) is 5.88 Å². The highest BCUT2D eigenvalue weighted by Gasteiger charge is 2.17. The molecule has 4 nitrogen and oxygen atoms in total. The first-order valence-corrected chi connectivity index (χ1v) is 7.27. The van der Waals surface area contributed by atoms with Crippen molar-refractivity contribution in [2.24, 2.45) is 5.73 Å². The molecule has 1 heterocycles. The van der Waals surface area contributed by atoms with E-state index in [2.05, 4.69) is 17.1 Å². The Bertz CT molecular complexity index is 628. The van der Waals surface area contributed by atoms with Crippen LogP contribution in [0.15, 0.2) is 36.4 Å². The molecule has 2 aromatic rings. The number of hydrogen-bond donors (Lipinski definition) is 1. The number of fused-ring (bicyclic) bond motifs is 1. The molecule has 0 saturated carbocycles. The van der Waals surface area contributed by atoms with Gasteiger partial charge in [-0.3, -0.25) is 0 Å². The highest BCUT2D eigenvalue weighted by atomic mass is 16.5. The van der Waals surface area contributed by atoms with Gasteiger partial charge in [-0.05, 0) is 48.6 Å². The predicted octanol–water partition coefficient (Wildman–Crippen LogP) is 3.01. The SMILES string of the molecule is COc1cccc(COc2ccc3c(c2)C(N)CCC3)n1. The van der Waals surface area contributed by atoms with Crippen molar-refractivity contribution in [3.05, 3.63) is 53.2 Å². The Morgan fingerprint density at radius 1 is 1.29 bits per heavy atom. The fraction of sp³-hybridized carbons (Fsp3) is 0.353. The second-order valence-electron chi connectivity index (χ2n) is 5.32. The molecule has 0 bridgehead atoms. The van der Waals surface area contributed by atoms with Gasteiger partial charge in [0.05, 0.1) is 12.8 Å². The Kier molecular flexibility index (Phi) is 4.06. The number of nitrogens with two attached hydrogens (primary N) is 1. The summed E-state index contributed by atoms with van der Waals surface area (Å²) in [5, 5.41) is 0. The summed E-state index contributed by atoms with van der Waals surface area (Å²) in [6.45, 7) is 0.422. The number of benzene rings is 1. The summed E-state index contributed by atoms with van der Waals surface area (Å²) in [5.41, 5.74) is 9.59. The molecule has 1 aromatic heterocycles. The molecule has 0 saturated heterocycles. The van der Waals surface area contributed by atoms with Gasteiger partial charge in [-0.2, -0.15) is 0 Å². The first kappa shape index (κ1) is 13.9. The molecule has 0 spiro atoms. The first-order chi connectivity index (χ1) is 10.3. The molecule has 21 heavy (non-hydrogen) atoms. The third-order valence-corrected chi connectivity index (χ3v) is 3.86. The number of rotatable bonds is 4. The van der Waals surface area contributed by atoms with Crippen LogP contribution >= 0.6 is 0 Å². The van der Waals surface area contributed by atoms with E-state index in [-0.39, 0.29) is 6.04 Å². The molecule has 1 aromatic carbocycles. The molecule has 3 rings (SSSR count). The zero-order valence-corrected chi connectivity index (χ0v) is 12.2. The fourth-order valence-corrected chi connectivity index (χ4v) is 2.71. The van der Waals surface area contributed by atoms with Crippen molar-refractivity contribution in [2.45, 2.75) is 31.9 Å². The maximum atomic E-state index is 6.18. The maximum absolute atomic E-state index is 6.18. The van der Waals surface area contributed by atoms with Crippen LogP contribution in [0.3, 0.4) is 0 Å². The quantitative estimate of drug-likeness (QED) is 0.937. The number of hydrogen-bond acceptors (Lipinski definition) is 4. The van der Waals surface area contributed by atoms with E-state index < -0.39 is 0 Å². The van der Waals surface area contributed by atoms with Crippen molar-refractivity contribution in [1.82, 2.24) is 4.98 Å². The summed E-state index contributed by atoms with van der Waals surface area (Å²) in [6, 6.07) is 12.0. The Morgan fingerprint density at radius 2 is 2.19 bits per heavy atom. The second kappa shape index (κ2) is 6.14. The normalized spacial score (nSPS) is 17.1. The number of aryl methyl sites for hydroxylation is 1. The van der Waals surface area contributed by atoms with Gasteiger partial charge in [0.25, 0.3) is 0 Å². The van der Waals surface area contributed by atoms with E-state index >= 15 is 0 Å². The van der Waals surface area contributed by atoms with Gasteiger partial charge < -0.3 is 15.2 Å². The number of pyridine rings is 1. The average Bonchev–Trinajstić information content (AvgIpc) is 2.54. The van der Waals surface area contributed by atoms with Crippen molar-refractivity contribution < 1.29 is 9.47 Å². The van der Waals surface area contributed by atoms with Crippen molar-refractivity contribution >= 4 is 0 Å². The summed E-state index contributed by atoms with van der Waals surface area (Å²) < 4.78 is 10.9. The lowest BCUT2D eigenvalue weighted by Gasteiger charge is -2.22. The van der Waals surface area contributed by atoms with Crippen LogP contribution < -0.4 is 15.2 Å². The smallest absolute Gasteiger partial charge is 0.213 e. The topological polar surface area (TPSA) is 57.4 Å². The van der Waals surface area contributed by atoms with Gasteiger partial charge in [-0.25, -0.2) is 4.98 Å². The summed E-state index contributed by atoms with van der Waals surface area (Å²) in [4.78, 5) is 4.34. The van der Waals surface area contributed by atoms with Crippen LogP contribution in [-0.2, 0) is 13.0 Å². The van der Waals surface area contributed by atoms with Crippen LogP contribution in [0.2, 0.25) is 0 Å². The molecule has 0 amide bonds. The van der Waals surface area contributed by atoms with Crippen LogP contribution in [0.1, 0.15) is 35.7 Å². The molecule has 1 atom stereocenters. The van der Waals surface area contributed by atoms with Gasteiger partial charge in [0, 0.05) is 12.1 Å². The van der Waals surface area contributed by atoms with E-state index in [1.807, 2.05) is 24.3 Å². The van der Waals surface area contributed by atoms with Crippen LogP contribution in [0.5, 0.6) is 11.6 Å². The van der Waals surface area contributed by atoms with Crippen LogP contribution in [0.25, 0.3) is 0 Å². The van der Waals surface area contributed by atoms with Crippen molar-refractivity contribution in [1.29, 1.82) is 0 Å². The molecular weight excluding hydrogens is 264 g/mol. The molecule has 1 aliphatic rings. The van der Waals surface area contributed by atoms with E-state index in [0.717, 1.165) is 24.3 Å². The Morgan fingerprint density at radius 3 is 3.05 bits per heavy atom. The molecule has 110 valence electrons. The van der Waals surface area contributed by atoms with E-state index in [9.17, 15) is 0 Å². The molecule has 2 N–H and O–H groups in total. The minimum Gasteiger partial charge on any atom is -0.487 e. The number of ether oxygens (including phenoxy) is 2. The zero-order valence-electron chi connectivity index (χ0n) is 12.2. The van der Waals surface area contributed by atoms with Gasteiger partial charge in [0.1, 0.15) is 12.4 Å². The fourth-order valence-electron chi connectivity index (χ4n) is 2.71. The summed E-state index contributed by atoms with van der Waals surface area (Å²) in [5.74, 6) is 1.44. The molecule has 1 unspecified atom stereocenters. The van der Waals surface area contributed by atoms with Crippen LogP contribution in [0.4, 0.5) is 0 Å². The Hall–Kier alpha value is -2.07. The first-order valence-electron chi connectivity index (χ1n) is 7.27. The lowest BCUT2D eigenvalue weighted by molar-refractivity contribution is 0.297. The third kappa shape index (κ3) is 3.16. The van der Waals surface area contributed by atoms with E-state index in [0.29, 0.717) is 12.5 Å². The van der Waals surface area contributed by atoms with Crippen molar-refractivity contribution in [2.75, 3.05) is 7.11 Å². The van der Waals surface area contributed by atoms with E-state index in [1.54, 1.807) is 7.11 Å². The highest BCUT2D eigenvalue weighted by Crippen LogP contribution is 2.31. The minimum absolute atomic E-state index is 0.132.